The Morgan fingerprint density at radius 3 is 2.67 bits per heavy atom. The lowest BCUT2D eigenvalue weighted by Crippen LogP contribution is -2.47. The molecule has 24 heavy (non-hydrogen) atoms. The quantitative estimate of drug-likeness (QED) is 0.918. The topological polar surface area (TPSA) is 47.6 Å². The molecule has 3 atom stereocenters. The number of alkyl halides is 3. The minimum absolute atomic E-state index is 0.183. The van der Waals surface area contributed by atoms with Crippen molar-refractivity contribution in [2.24, 2.45) is 0 Å². The largest absolute Gasteiger partial charge is 0.416 e. The maximum Gasteiger partial charge on any atom is 0.416 e. The number of rotatable bonds is 3. The normalized spacial score (nSPS) is 27.9. The van der Waals surface area contributed by atoms with Gasteiger partial charge in [0.05, 0.1) is 25.4 Å². The van der Waals surface area contributed by atoms with Gasteiger partial charge >= 0.3 is 6.18 Å². The summed E-state index contributed by atoms with van der Waals surface area (Å²) >= 11 is 0. The van der Waals surface area contributed by atoms with E-state index >= 15 is 0 Å². The number of amides is 1. The summed E-state index contributed by atoms with van der Waals surface area (Å²) in [6.07, 6.45) is -3.01. The summed E-state index contributed by atoms with van der Waals surface area (Å²) in [4.78, 5) is 12.3. The molecule has 0 unspecified atom stereocenters. The van der Waals surface area contributed by atoms with Crippen molar-refractivity contribution in [3.8, 4) is 0 Å². The molecule has 0 aromatic heterocycles. The summed E-state index contributed by atoms with van der Waals surface area (Å²) in [5.74, 6) is -0.646. The lowest BCUT2D eigenvalue weighted by atomic mass is 9.89. The third kappa shape index (κ3) is 3.72. The average molecular weight is 343 g/mol. The summed E-state index contributed by atoms with van der Waals surface area (Å²) in [5.41, 5.74) is -0.359. The molecule has 2 fully saturated rings. The number of halogens is 3. The van der Waals surface area contributed by atoms with Gasteiger partial charge in [0.25, 0.3) is 5.91 Å². The molecule has 132 valence electrons. The van der Waals surface area contributed by atoms with Crippen molar-refractivity contribution < 1.29 is 27.4 Å². The Bertz CT molecular complexity index is 585. The lowest BCUT2D eigenvalue weighted by Gasteiger charge is -2.27. The van der Waals surface area contributed by atoms with Gasteiger partial charge in [0.2, 0.25) is 0 Å². The molecule has 1 aliphatic carbocycles. The highest BCUT2D eigenvalue weighted by Gasteiger charge is 2.39. The Kier molecular flexibility index (Phi) is 5.10. The summed E-state index contributed by atoms with van der Waals surface area (Å²) < 4.78 is 50.3. The number of hydrogen-bond donors (Lipinski definition) is 1. The summed E-state index contributed by atoms with van der Waals surface area (Å²) in [6, 6.07) is 5.30. The van der Waals surface area contributed by atoms with Gasteiger partial charge in [-0.15, -0.1) is 0 Å². The monoisotopic (exact) mass is 343 g/mol. The van der Waals surface area contributed by atoms with Crippen molar-refractivity contribution in [2.45, 2.75) is 43.5 Å². The summed E-state index contributed by atoms with van der Waals surface area (Å²) in [5, 5.41) is 2.86. The molecular formula is C17H20F3NO3. The Morgan fingerprint density at radius 2 is 1.96 bits per heavy atom. The number of carbonyl (C=O) groups is 1. The van der Waals surface area contributed by atoms with E-state index in [1.54, 1.807) is 6.07 Å². The van der Waals surface area contributed by atoms with Crippen LogP contribution in [0.4, 0.5) is 13.2 Å². The van der Waals surface area contributed by atoms with Gasteiger partial charge in [-0.2, -0.15) is 13.2 Å². The van der Waals surface area contributed by atoms with E-state index in [1.165, 1.54) is 12.1 Å². The molecule has 1 amide bonds. The van der Waals surface area contributed by atoms with Crippen molar-refractivity contribution in [3.05, 3.63) is 35.4 Å². The van der Waals surface area contributed by atoms with Crippen molar-refractivity contribution in [2.75, 3.05) is 19.8 Å². The second kappa shape index (κ2) is 7.11. The number of carbonyl (C=O) groups excluding carboxylic acids is 1. The van der Waals surface area contributed by atoms with Crippen LogP contribution in [-0.2, 0) is 20.4 Å². The van der Waals surface area contributed by atoms with E-state index in [-0.39, 0.29) is 30.0 Å². The maximum atomic E-state index is 13.3. The van der Waals surface area contributed by atoms with Crippen LogP contribution >= 0.6 is 0 Å². The molecule has 7 heteroatoms. The van der Waals surface area contributed by atoms with Gasteiger partial charge in [-0.1, -0.05) is 24.6 Å². The Labute approximate surface area is 138 Å². The number of hydrogen-bond acceptors (Lipinski definition) is 3. The van der Waals surface area contributed by atoms with E-state index in [4.69, 9.17) is 9.47 Å². The fourth-order valence-electron chi connectivity index (χ4n) is 3.50. The van der Waals surface area contributed by atoms with E-state index in [0.29, 0.717) is 26.1 Å². The fraction of sp³-hybridized carbons (Fsp3) is 0.588. The smallest absolute Gasteiger partial charge is 0.376 e. The molecule has 1 aliphatic heterocycles. The summed E-state index contributed by atoms with van der Waals surface area (Å²) in [7, 11) is 0. The van der Waals surface area contributed by atoms with Crippen molar-refractivity contribution in [1.29, 1.82) is 0 Å². The molecular weight excluding hydrogens is 323 g/mol. The predicted octanol–water partition coefficient (Wildman–Crippen LogP) is 2.87. The highest BCUT2D eigenvalue weighted by Crippen LogP contribution is 2.41. The molecule has 3 rings (SSSR count). The number of nitrogens with one attached hydrogen (secondary N) is 1. The number of ether oxygens (including phenoxy) is 2. The maximum absolute atomic E-state index is 13.3. The van der Waals surface area contributed by atoms with Crippen LogP contribution in [0.25, 0.3) is 0 Å². The van der Waals surface area contributed by atoms with E-state index in [0.717, 1.165) is 12.5 Å². The van der Waals surface area contributed by atoms with E-state index in [1.807, 2.05) is 0 Å². The Morgan fingerprint density at radius 1 is 1.17 bits per heavy atom. The van der Waals surface area contributed by atoms with Gasteiger partial charge in [0, 0.05) is 12.0 Å². The molecule has 1 N–H and O–H groups in total. The summed E-state index contributed by atoms with van der Waals surface area (Å²) in [6.45, 7) is 0.986. The molecule has 0 bridgehead atoms. The van der Waals surface area contributed by atoms with Crippen LogP contribution in [0.3, 0.4) is 0 Å². The van der Waals surface area contributed by atoms with Crippen LogP contribution in [0.5, 0.6) is 0 Å². The molecule has 1 saturated heterocycles. The number of benzene rings is 1. The third-order valence-electron chi connectivity index (χ3n) is 4.62. The first kappa shape index (κ1) is 17.2. The molecule has 2 aliphatic rings. The van der Waals surface area contributed by atoms with Crippen LogP contribution in [0.2, 0.25) is 0 Å². The van der Waals surface area contributed by atoms with Crippen molar-refractivity contribution in [1.82, 2.24) is 5.32 Å². The van der Waals surface area contributed by atoms with Crippen LogP contribution in [-0.4, -0.2) is 37.9 Å². The predicted molar refractivity (Wildman–Crippen MR) is 80.5 cm³/mol. The molecule has 1 heterocycles. The zero-order valence-electron chi connectivity index (χ0n) is 13.1. The van der Waals surface area contributed by atoms with Crippen molar-refractivity contribution in [3.63, 3.8) is 0 Å². The first-order valence-electron chi connectivity index (χ1n) is 8.12. The van der Waals surface area contributed by atoms with Crippen LogP contribution in [0.1, 0.15) is 36.3 Å². The van der Waals surface area contributed by atoms with Crippen molar-refractivity contribution >= 4 is 5.91 Å². The molecule has 4 nitrogen and oxygen atoms in total. The van der Waals surface area contributed by atoms with Gasteiger partial charge in [0.15, 0.2) is 6.10 Å². The molecule has 1 saturated carbocycles. The van der Waals surface area contributed by atoms with Gasteiger partial charge in [-0.3, -0.25) is 4.79 Å². The van der Waals surface area contributed by atoms with Gasteiger partial charge in [0.1, 0.15) is 0 Å². The van der Waals surface area contributed by atoms with Crippen LogP contribution in [0, 0.1) is 0 Å². The first-order chi connectivity index (χ1) is 11.5. The molecule has 0 radical (unpaired) electrons. The molecule has 1 aromatic rings. The average Bonchev–Trinajstić information content (AvgIpc) is 3.03. The second-order valence-electron chi connectivity index (χ2n) is 6.17. The van der Waals surface area contributed by atoms with Gasteiger partial charge in [-0.05, 0) is 24.5 Å². The fourth-order valence-corrected chi connectivity index (χ4v) is 3.50. The molecule has 0 spiro atoms. The Balaban J connectivity index is 1.75. The van der Waals surface area contributed by atoms with Crippen LogP contribution < -0.4 is 5.32 Å². The third-order valence-corrected chi connectivity index (χ3v) is 4.62. The highest BCUT2D eigenvalue weighted by atomic mass is 19.4. The van der Waals surface area contributed by atoms with Gasteiger partial charge < -0.3 is 14.8 Å². The van der Waals surface area contributed by atoms with E-state index in [2.05, 4.69) is 5.32 Å². The highest BCUT2D eigenvalue weighted by molar-refractivity contribution is 5.81. The second-order valence-corrected chi connectivity index (χ2v) is 6.17. The standard InChI is InChI=1S/C17H20F3NO3/c18-17(19,20)13-6-2-1-4-11(13)12-5-3-7-14(12)21-16(22)15-10-23-8-9-24-15/h1-2,4,6,12,14-15H,3,5,7-10H2,(H,21,22)/t12-,14-,15-/m1/s1. The zero-order valence-corrected chi connectivity index (χ0v) is 13.1. The van der Waals surface area contributed by atoms with Gasteiger partial charge in [-0.25, -0.2) is 0 Å². The molecule has 1 aromatic carbocycles. The lowest BCUT2D eigenvalue weighted by molar-refractivity contribution is -0.148. The Hall–Kier alpha value is -1.60. The first-order valence-corrected chi connectivity index (χ1v) is 8.12. The van der Waals surface area contributed by atoms with E-state index < -0.39 is 17.8 Å². The van der Waals surface area contributed by atoms with E-state index in [9.17, 15) is 18.0 Å². The minimum atomic E-state index is -4.39. The minimum Gasteiger partial charge on any atom is -0.376 e. The SMILES string of the molecule is O=C(N[C@@H]1CCC[C@@H]1c1ccccc1C(F)(F)F)[C@H]1COCCO1. The zero-order chi connectivity index (χ0) is 17.2. The van der Waals surface area contributed by atoms with Crippen LogP contribution in [0.15, 0.2) is 24.3 Å².